The number of nitrogens with two attached hydrogens (primary N) is 1. The lowest BCUT2D eigenvalue weighted by Crippen LogP contribution is -2.18. The molecule has 154 valence electrons. The van der Waals surface area contributed by atoms with Gasteiger partial charge in [-0.15, -0.1) is 0 Å². The third-order valence-corrected chi connectivity index (χ3v) is 5.31. The fourth-order valence-corrected chi connectivity index (χ4v) is 3.71. The monoisotopic (exact) mass is 405 g/mol. The van der Waals surface area contributed by atoms with Gasteiger partial charge in [-0.3, -0.25) is 4.90 Å². The number of rotatable bonds is 7. The highest BCUT2D eigenvalue weighted by Gasteiger charge is 2.14. The maximum absolute atomic E-state index is 6.09. The lowest BCUT2D eigenvalue weighted by Gasteiger charge is -2.14. The van der Waals surface area contributed by atoms with E-state index in [4.69, 9.17) is 15.0 Å². The van der Waals surface area contributed by atoms with E-state index in [9.17, 15) is 0 Å². The van der Waals surface area contributed by atoms with Crippen LogP contribution in [-0.2, 0) is 19.7 Å². The van der Waals surface area contributed by atoms with Crippen LogP contribution < -0.4 is 10.5 Å². The van der Waals surface area contributed by atoms with Crippen molar-refractivity contribution in [2.75, 3.05) is 18.8 Å². The number of nitrogen functional groups attached to an aromatic ring is 1. The quantitative estimate of drug-likeness (QED) is 0.500. The summed E-state index contributed by atoms with van der Waals surface area (Å²) in [5.41, 5.74) is 9.86. The first-order valence-electron chi connectivity index (χ1n) is 10.1. The summed E-state index contributed by atoms with van der Waals surface area (Å²) in [6, 6.07) is 10.6. The average Bonchev–Trinajstić information content (AvgIpc) is 3.51. The van der Waals surface area contributed by atoms with Crippen LogP contribution in [0.25, 0.3) is 11.0 Å². The van der Waals surface area contributed by atoms with Gasteiger partial charge < -0.3 is 15.0 Å². The first kappa shape index (κ1) is 18.6. The standard InChI is InChI=1S/C21H23N7O2/c22-19-18-11-23-28(20(18)25-21(24-19)29-14-17-7-10-30-26-17)13-16-5-3-15(4-6-16)12-27-8-1-2-9-27/h3-7,10-11H,1-2,8-9,12-14H2,(H2,22,24,25). The Labute approximate surface area is 173 Å². The molecule has 9 nitrogen and oxygen atoms in total. The lowest BCUT2D eigenvalue weighted by molar-refractivity contribution is 0.268. The number of hydrogen-bond acceptors (Lipinski definition) is 8. The zero-order chi connectivity index (χ0) is 20.3. The van der Waals surface area contributed by atoms with Gasteiger partial charge in [0, 0.05) is 12.6 Å². The minimum atomic E-state index is 0.186. The molecule has 30 heavy (non-hydrogen) atoms. The van der Waals surface area contributed by atoms with Crippen molar-refractivity contribution in [2.45, 2.75) is 32.5 Å². The van der Waals surface area contributed by atoms with E-state index in [0.29, 0.717) is 29.1 Å². The molecule has 0 atom stereocenters. The molecule has 1 aromatic carbocycles. The highest BCUT2D eigenvalue weighted by atomic mass is 16.5. The number of anilines is 1. The van der Waals surface area contributed by atoms with Gasteiger partial charge in [0.15, 0.2) is 5.65 Å². The summed E-state index contributed by atoms with van der Waals surface area (Å²) in [6.45, 7) is 4.20. The number of ether oxygens (including phenoxy) is 1. The molecule has 1 fully saturated rings. The largest absolute Gasteiger partial charge is 0.457 e. The molecule has 0 saturated carbocycles. The van der Waals surface area contributed by atoms with Gasteiger partial charge in [0.05, 0.1) is 18.1 Å². The van der Waals surface area contributed by atoms with Gasteiger partial charge in [0.25, 0.3) is 0 Å². The summed E-state index contributed by atoms with van der Waals surface area (Å²) in [4.78, 5) is 11.2. The van der Waals surface area contributed by atoms with Gasteiger partial charge in [-0.25, -0.2) is 4.68 Å². The Balaban J connectivity index is 1.32. The Morgan fingerprint density at radius 2 is 1.77 bits per heavy atom. The maximum Gasteiger partial charge on any atom is 0.320 e. The second-order valence-corrected chi connectivity index (χ2v) is 7.51. The molecule has 0 radical (unpaired) electrons. The minimum Gasteiger partial charge on any atom is -0.457 e. The SMILES string of the molecule is Nc1nc(OCc2ccon2)nc2c1cnn2Cc1ccc(CN2CCCC2)cc1. The molecule has 1 aliphatic heterocycles. The first-order valence-corrected chi connectivity index (χ1v) is 10.1. The number of aromatic nitrogens is 5. The predicted octanol–water partition coefficient (Wildman–Crippen LogP) is 2.62. The molecule has 2 N–H and O–H groups in total. The molecule has 1 aliphatic rings. The van der Waals surface area contributed by atoms with Crippen LogP contribution in [0.1, 0.15) is 29.7 Å². The van der Waals surface area contributed by atoms with Crippen molar-refractivity contribution in [2.24, 2.45) is 0 Å². The Morgan fingerprint density at radius 3 is 2.50 bits per heavy atom. The topological polar surface area (TPSA) is 108 Å². The second-order valence-electron chi connectivity index (χ2n) is 7.51. The van der Waals surface area contributed by atoms with Gasteiger partial charge in [0.1, 0.15) is 24.4 Å². The maximum atomic E-state index is 6.09. The van der Waals surface area contributed by atoms with E-state index >= 15 is 0 Å². The summed E-state index contributed by atoms with van der Waals surface area (Å²) in [7, 11) is 0. The van der Waals surface area contributed by atoms with Crippen molar-refractivity contribution >= 4 is 16.9 Å². The van der Waals surface area contributed by atoms with Gasteiger partial charge in [-0.2, -0.15) is 15.1 Å². The van der Waals surface area contributed by atoms with Gasteiger partial charge in [-0.05, 0) is 37.1 Å². The average molecular weight is 405 g/mol. The van der Waals surface area contributed by atoms with E-state index in [1.54, 1.807) is 12.3 Å². The fraction of sp³-hybridized carbons (Fsp3) is 0.333. The van der Waals surface area contributed by atoms with Crippen LogP contribution in [0.5, 0.6) is 6.01 Å². The van der Waals surface area contributed by atoms with E-state index in [1.165, 1.54) is 37.8 Å². The van der Waals surface area contributed by atoms with Crippen LogP contribution in [0.4, 0.5) is 5.82 Å². The normalized spacial score (nSPS) is 14.5. The minimum absolute atomic E-state index is 0.186. The van der Waals surface area contributed by atoms with Gasteiger partial charge in [0.2, 0.25) is 0 Å². The lowest BCUT2D eigenvalue weighted by atomic mass is 10.1. The number of nitrogens with zero attached hydrogens (tertiary/aromatic N) is 6. The number of likely N-dealkylation sites (tertiary alicyclic amines) is 1. The molecule has 4 heterocycles. The van der Waals surface area contributed by atoms with Crippen LogP contribution >= 0.6 is 0 Å². The number of hydrogen-bond donors (Lipinski definition) is 1. The summed E-state index contributed by atoms with van der Waals surface area (Å²) in [6.07, 6.45) is 5.79. The fourth-order valence-electron chi connectivity index (χ4n) is 3.71. The first-order chi connectivity index (χ1) is 14.7. The number of fused-ring (bicyclic) bond motifs is 1. The van der Waals surface area contributed by atoms with Gasteiger partial charge >= 0.3 is 6.01 Å². The molecule has 0 bridgehead atoms. The Morgan fingerprint density at radius 1 is 1.00 bits per heavy atom. The zero-order valence-electron chi connectivity index (χ0n) is 16.6. The van der Waals surface area contributed by atoms with Crippen LogP contribution in [0.15, 0.2) is 47.3 Å². The molecule has 5 rings (SSSR count). The van der Waals surface area contributed by atoms with Crippen LogP contribution in [0.3, 0.4) is 0 Å². The highest BCUT2D eigenvalue weighted by molar-refractivity contribution is 5.85. The Hall–Kier alpha value is -3.46. The summed E-state index contributed by atoms with van der Waals surface area (Å²) in [5.74, 6) is 0.336. The van der Waals surface area contributed by atoms with E-state index in [1.807, 2.05) is 4.68 Å². The predicted molar refractivity (Wildman–Crippen MR) is 111 cm³/mol. The number of benzene rings is 1. The third kappa shape index (κ3) is 3.97. The smallest absolute Gasteiger partial charge is 0.320 e. The van der Waals surface area contributed by atoms with Crippen molar-refractivity contribution in [3.05, 3.63) is 59.6 Å². The zero-order valence-corrected chi connectivity index (χ0v) is 16.6. The molecular weight excluding hydrogens is 382 g/mol. The summed E-state index contributed by atoms with van der Waals surface area (Å²) in [5, 5.41) is 8.97. The molecule has 4 aromatic rings. The van der Waals surface area contributed by atoms with Crippen molar-refractivity contribution in [1.82, 2.24) is 29.8 Å². The van der Waals surface area contributed by atoms with E-state index in [2.05, 4.69) is 49.4 Å². The molecule has 0 amide bonds. The Bertz CT molecular complexity index is 1120. The van der Waals surface area contributed by atoms with Crippen molar-refractivity contribution in [1.29, 1.82) is 0 Å². The molecular formula is C21H23N7O2. The third-order valence-electron chi connectivity index (χ3n) is 5.31. The van der Waals surface area contributed by atoms with Gasteiger partial charge in [-0.1, -0.05) is 29.4 Å². The second kappa shape index (κ2) is 8.11. The van der Waals surface area contributed by atoms with E-state index in [-0.39, 0.29) is 12.6 Å². The molecule has 0 unspecified atom stereocenters. The highest BCUT2D eigenvalue weighted by Crippen LogP contribution is 2.22. The van der Waals surface area contributed by atoms with Crippen LogP contribution in [0.2, 0.25) is 0 Å². The molecule has 0 aliphatic carbocycles. The molecule has 0 spiro atoms. The molecule has 1 saturated heterocycles. The van der Waals surface area contributed by atoms with E-state index < -0.39 is 0 Å². The van der Waals surface area contributed by atoms with Crippen molar-refractivity contribution in [3.8, 4) is 6.01 Å². The Kier molecular flexibility index (Phi) is 5.02. The van der Waals surface area contributed by atoms with Crippen LogP contribution in [-0.4, -0.2) is 42.9 Å². The summed E-state index contributed by atoms with van der Waals surface area (Å²) >= 11 is 0. The van der Waals surface area contributed by atoms with Crippen LogP contribution in [0, 0.1) is 0 Å². The van der Waals surface area contributed by atoms with Crippen molar-refractivity contribution < 1.29 is 9.26 Å². The summed E-state index contributed by atoms with van der Waals surface area (Å²) < 4.78 is 12.2. The van der Waals surface area contributed by atoms with Crippen molar-refractivity contribution in [3.63, 3.8) is 0 Å². The van der Waals surface area contributed by atoms with E-state index in [0.717, 1.165) is 12.1 Å². The molecule has 9 heteroatoms. The molecule has 3 aromatic heterocycles.